The number of hydrogen-bond donors (Lipinski definition) is 0. The van der Waals surface area contributed by atoms with Crippen LogP contribution in [0.1, 0.15) is 29.8 Å². The van der Waals surface area contributed by atoms with E-state index in [0.29, 0.717) is 28.6 Å². The second-order valence-corrected chi connectivity index (χ2v) is 7.87. The summed E-state index contributed by atoms with van der Waals surface area (Å²) in [6.07, 6.45) is 0. The average molecular weight is 393 g/mol. The Kier molecular flexibility index (Phi) is 5.53. The number of benzene rings is 2. The number of carbonyl (C=O) groups is 1. The summed E-state index contributed by atoms with van der Waals surface area (Å²) < 4.78 is 11.0. The smallest absolute Gasteiger partial charge is 0.340 e. The Morgan fingerprint density at radius 3 is 2.69 bits per heavy atom. The van der Waals surface area contributed by atoms with E-state index in [1.54, 1.807) is 12.1 Å². The third-order valence-corrected chi connectivity index (χ3v) is 5.58. The molecule has 0 saturated carbocycles. The molecule has 3 aromatic rings. The molecular weight excluding hydrogens is 366 g/mol. The van der Waals surface area contributed by atoms with Gasteiger partial charge in [-0.25, -0.2) is 4.79 Å². The van der Waals surface area contributed by atoms with E-state index in [1.807, 2.05) is 12.1 Å². The largest absolute Gasteiger partial charge is 0.465 e. The van der Waals surface area contributed by atoms with Crippen LogP contribution >= 0.6 is 0 Å². The maximum atomic E-state index is 12.1. The molecule has 1 unspecified atom stereocenters. The van der Waals surface area contributed by atoms with Gasteiger partial charge in [-0.05, 0) is 23.6 Å². The molecule has 1 aromatic heterocycles. The first kappa shape index (κ1) is 19.5. The second-order valence-electron chi connectivity index (χ2n) is 7.87. The van der Waals surface area contributed by atoms with Gasteiger partial charge in [-0.2, -0.15) is 4.98 Å². The molecular formula is C23H27N3O3. The molecule has 0 aliphatic carbocycles. The molecule has 1 aliphatic rings. The lowest BCUT2D eigenvalue weighted by atomic mass is 9.99. The lowest BCUT2D eigenvalue weighted by Gasteiger charge is -2.42. The molecule has 0 bridgehead atoms. The van der Waals surface area contributed by atoms with Crippen molar-refractivity contribution in [3.8, 4) is 0 Å². The van der Waals surface area contributed by atoms with Crippen LogP contribution in [-0.4, -0.2) is 48.6 Å². The van der Waals surface area contributed by atoms with Gasteiger partial charge in [-0.1, -0.05) is 50.2 Å². The molecule has 6 nitrogen and oxygen atoms in total. The standard InChI is InChI=1S/C23H27N3O3/c1-16(2)19-15-25(14-17-8-5-4-6-9-17)12-13-26(19)23-24-21-18(22(27)28-3)10-7-11-20(21)29-23/h4-11,16,19H,12-15H2,1-3H3. The molecule has 2 aromatic carbocycles. The van der Waals surface area contributed by atoms with Crippen molar-refractivity contribution in [3.63, 3.8) is 0 Å². The molecule has 0 radical (unpaired) electrons. The van der Waals surface area contributed by atoms with Crippen molar-refractivity contribution in [2.75, 3.05) is 31.6 Å². The fourth-order valence-electron chi connectivity index (χ4n) is 4.00. The molecule has 0 amide bonds. The highest BCUT2D eigenvalue weighted by Crippen LogP contribution is 2.30. The molecule has 2 heterocycles. The highest BCUT2D eigenvalue weighted by atomic mass is 16.5. The van der Waals surface area contributed by atoms with Crippen LogP contribution in [0.15, 0.2) is 52.9 Å². The SMILES string of the molecule is COC(=O)c1cccc2oc(N3CCN(Cc4ccccc4)CC3C(C)C)nc12. The van der Waals surface area contributed by atoms with Crippen LogP contribution in [0.3, 0.4) is 0 Å². The fourth-order valence-corrected chi connectivity index (χ4v) is 4.00. The van der Waals surface area contributed by atoms with Gasteiger partial charge < -0.3 is 14.1 Å². The second kappa shape index (κ2) is 8.25. The number of hydrogen-bond acceptors (Lipinski definition) is 6. The molecule has 4 rings (SSSR count). The number of esters is 1. The number of carbonyl (C=O) groups excluding carboxylic acids is 1. The van der Waals surface area contributed by atoms with Crippen molar-refractivity contribution in [2.45, 2.75) is 26.4 Å². The lowest BCUT2D eigenvalue weighted by Crippen LogP contribution is -2.55. The number of ether oxygens (including phenoxy) is 1. The molecule has 1 atom stereocenters. The molecule has 6 heteroatoms. The molecule has 1 fully saturated rings. The number of oxazole rings is 1. The first-order chi connectivity index (χ1) is 14.1. The van der Waals surface area contributed by atoms with Crippen LogP contribution in [0.25, 0.3) is 11.1 Å². The van der Waals surface area contributed by atoms with Crippen LogP contribution < -0.4 is 4.90 Å². The molecule has 0 spiro atoms. The number of para-hydroxylation sites is 1. The Morgan fingerprint density at radius 2 is 1.97 bits per heavy atom. The highest BCUT2D eigenvalue weighted by Gasteiger charge is 2.32. The first-order valence-electron chi connectivity index (χ1n) is 10.1. The zero-order valence-corrected chi connectivity index (χ0v) is 17.2. The molecule has 0 N–H and O–H groups in total. The van der Waals surface area contributed by atoms with E-state index in [2.05, 4.69) is 52.9 Å². The zero-order valence-electron chi connectivity index (χ0n) is 17.2. The maximum absolute atomic E-state index is 12.1. The van der Waals surface area contributed by atoms with Crippen molar-refractivity contribution in [2.24, 2.45) is 5.92 Å². The predicted molar refractivity (Wildman–Crippen MR) is 113 cm³/mol. The summed E-state index contributed by atoms with van der Waals surface area (Å²) in [5.41, 5.74) is 2.93. The Hall–Kier alpha value is -2.86. The molecule has 152 valence electrons. The van der Waals surface area contributed by atoms with Crippen LogP contribution in [0, 0.1) is 5.92 Å². The number of anilines is 1. The topological polar surface area (TPSA) is 58.8 Å². The quantitative estimate of drug-likeness (QED) is 0.612. The van der Waals surface area contributed by atoms with Gasteiger partial charge in [0.1, 0.15) is 5.52 Å². The van der Waals surface area contributed by atoms with E-state index >= 15 is 0 Å². The fraction of sp³-hybridized carbons (Fsp3) is 0.391. The van der Waals surface area contributed by atoms with E-state index in [0.717, 1.165) is 26.2 Å². The van der Waals surface area contributed by atoms with Gasteiger partial charge in [-0.15, -0.1) is 0 Å². The minimum absolute atomic E-state index is 0.280. The minimum atomic E-state index is -0.400. The summed E-state index contributed by atoms with van der Waals surface area (Å²) >= 11 is 0. The van der Waals surface area contributed by atoms with Crippen LogP contribution in [0.2, 0.25) is 0 Å². The molecule has 29 heavy (non-hydrogen) atoms. The summed E-state index contributed by atoms with van der Waals surface area (Å²) in [4.78, 5) is 21.5. The summed E-state index contributed by atoms with van der Waals surface area (Å²) in [7, 11) is 1.38. The normalized spacial score (nSPS) is 17.8. The van der Waals surface area contributed by atoms with E-state index in [-0.39, 0.29) is 6.04 Å². The third kappa shape index (κ3) is 3.98. The van der Waals surface area contributed by atoms with Crippen LogP contribution in [-0.2, 0) is 11.3 Å². The number of methoxy groups -OCH3 is 1. The van der Waals surface area contributed by atoms with Crippen LogP contribution in [0.4, 0.5) is 6.01 Å². The Balaban J connectivity index is 1.59. The minimum Gasteiger partial charge on any atom is -0.465 e. The van der Waals surface area contributed by atoms with E-state index in [1.165, 1.54) is 12.7 Å². The number of piperazine rings is 1. The third-order valence-electron chi connectivity index (χ3n) is 5.58. The van der Waals surface area contributed by atoms with E-state index in [4.69, 9.17) is 9.15 Å². The number of aromatic nitrogens is 1. The maximum Gasteiger partial charge on any atom is 0.340 e. The van der Waals surface area contributed by atoms with Crippen molar-refractivity contribution in [1.29, 1.82) is 0 Å². The summed E-state index contributed by atoms with van der Waals surface area (Å²) in [5.74, 6) is 0.0344. The van der Waals surface area contributed by atoms with Gasteiger partial charge in [0.05, 0.1) is 12.7 Å². The van der Waals surface area contributed by atoms with Crippen LogP contribution in [0.5, 0.6) is 0 Å². The summed E-state index contributed by atoms with van der Waals surface area (Å²) in [5, 5.41) is 0. The monoisotopic (exact) mass is 393 g/mol. The van der Waals surface area contributed by atoms with Gasteiger partial charge >= 0.3 is 5.97 Å². The number of rotatable bonds is 5. The van der Waals surface area contributed by atoms with Gasteiger partial charge in [0.2, 0.25) is 0 Å². The Bertz CT molecular complexity index is 983. The van der Waals surface area contributed by atoms with Gasteiger partial charge in [0.15, 0.2) is 5.58 Å². The van der Waals surface area contributed by atoms with Crippen molar-refractivity contribution in [1.82, 2.24) is 9.88 Å². The average Bonchev–Trinajstić information content (AvgIpc) is 3.18. The van der Waals surface area contributed by atoms with Gasteiger partial charge in [0.25, 0.3) is 6.01 Å². The van der Waals surface area contributed by atoms with Gasteiger partial charge in [-0.3, -0.25) is 4.90 Å². The summed E-state index contributed by atoms with van der Waals surface area (Å²) in [6, 6.07) is 16.8. The lowest BCUT2D eigenvalue weighted by molar-refractivity contribution is 0.0602. The Labute approximate surface area is 171 Å². The van der Waals surface area contributed by atoms with Gasteiger partial charge in [0, 0.05) is 32.2 Å². The molecule has 1 saturated heterocycles. The van der Waals surface area contributed by atoms with E-state index < -0.39 is 5.97 Å². The van der Waals surface area contributed by atoms with Crippen molar-refractivity contribution >= 4 is 23.1 Å². The number of nitrogens with zero attached hydrogens (tertiary/aromatic N) is 3. The van der Waals surface area contributed by atoms with Crippen molar-refractivity contribution < 1.29 is 13.9 Å². The van der Waals surface area contributed by atoms with E-state index in [9.17, 15) is 4.79 Å². The Morgan fingerprint density at radius 1 is 1.17 bits per heavy atom. The zero-order chi connectivity index (χ0) is 20.4. The highest BCUT2D eigenvalue weighted by molar-refractivity contribution is 6.01. The predicted octanol–water partition coefficient (Wildman–Crippen LogP) is 3.96. The number of fused-ring (bicyclic) bond motifs is 1. The molecule has 1 aliphatic heterocycles. The first-order valence-corrected chi connectivity index (χ1v) is 10.1. The van der Waals surface area contributed by atoms with Crippen molar-refractivity contribution in [3.05, 3.63) is 59.7 Å². The summed E-state index contributed by atoms with van der Waals surface area (Å²) in [6.45, 7) is 8.10.